The second kappa shape index (κ2) is 7.88. The predicted octanol–water partition coefficient (Wildman–Crippen LogP) is 3.47. The average Bonchev–Trinajstić information content (AvgIpc) is 3.11. The highest BCUT2D eigenvalue weighted by Gasteiger charge is 2.26. The lowest BCUT2D eigenvalue weighted by molar-refractivity contribution is 0.0730. The van der Waals surface area contributed by atoms with Crippen molar-refractivity contribution in [1.82, 2.24) is 14.3 Å². The van der Waals surface area contributed by atoms with Crippen molar-refractivity contribution in [3.8, 4) is 5.75 Å². The molecule has 0 atom stereocenters. The highest BCUT2D eigenvalue weighted by atomic mass is 35.5. The molecule has 2 heterocycles. The van der Waals surface area contributed by atoms with Crippen molar-refractivity contribution in [2.24, 2.45) is 0 Å². The Hall–Kier alpha value is -1.84. The van der Waals surface area contributed by atoms with Gasteiger partial charge in [-0.3, -0.25) is 0 Å². The summed E-state index contributed by atoms with van der Waals surface area (Å²) in [5, 5.41) is 0.960. The molecule has 1 N–H and O–H groups in total. The first-order chi connectivity index (χ1) is 13.4. The van der Waals surface area contributed by atoms with Crippen LogP contribution >= 0.6 is 23.2 Å². The zero-order valence-electron chi connectivity index (χ0n) is 14.7. The SMILES string of the molecule is O=S(=O)(c1ccc2nc(COc3cc(Cl)ccc3Cl)[nH]c2c1)N1CCOCC1. The van der Waals surface area contributed by atoms with Crippen LogP contribution in [0.25, 0.3) is 11.0 Å². The molecule has 0 radical (unpaired) electrons. The smallest absolute Gasteiger partial charge is 0.243 e. The molecular weight excluding hydrogens is 425 g/mol. The summed E-state index contributed by atoms with van der Waals surface area (Å²) in [6.07, 6.45) is 0. The maximum Gasteiger partial charge on any atom is 0.243 e. The first-order valence-electron chi connectivity index (χ1n) is 8.58. The molecule has 1 aliphatic rings. The molecule has 2 aromatic carbocycles. The lowest BCUT2D eigenvalue weighted by atomic mass is 10.3. The fourth-order valence-electron chi connectivity index (χ4n) is 2.94. The Kier molecular flexibility index (Phi) is 5.48. The van der Waals surface area contributed by atoms with Crippen LogP contribution in [0, 0.1) is 0 Å². The minimum absolute atomic E-state index is 0.139. The number of hydrogen-bond donors (Lipinski definition) is 1. The van der Waals surface area contributed by atoms with E-state index in [0.29, 0.717) is 59.0 Å². The first kappa shape index (κ1) is 19.5. The summed E-state index contributed by atoms with van der Waals surface area (Å²) in [6, 6.07) is 9.78. The Morgan fingerprint density at radius 2 is 1.93 bits per heavy atom. The quantitative estimate of drug-likeness (QED) is 0.654. The molecule has 1 saturated heterocycles. The van der Waals surface area contributed by atoms with Crippen LogP contribution in [-0.4, -0.2) is 49.0 Å². The van der Waals surface area contributed by atoms with E-state index in [1.807, 2.05) is 0 Å². The van der Waals surface area contributed by atoms with Crippen LogP contribution in [-0.2, 0) is 21.4 Å². The van der Waals surface area contributed by atoms with Crippen LogP contribution in [0.2, 0.25) is 10.0 Å². The molecule has 0 aliphatic carbocycles. The topological polar surface area (TPSA) is 84.5 Å². The third kappa shape index (κ3) is 3.97. The molecule has 148 valence electrons. The molecule has 7 nitrogen and oxygen atoms in total. The number of ether oxygens (including phenoxy) is 2. The minimum atomic E-state index is -3.57. The molecule has 3 aromatic rings. The van der Waals surface area contributed by atoms with Gasteiger partial charge in [0, 0.05) is 24.2 Å². The number of nitrogens with zero attached hydrogens (tertiary/aromatic N) is 2. The Balaban J connectivity index is 1.55. The zero-order valence-corrected chi connectivity index (χ0v) is 17.0. The van der Waals surface area contributed by atoms with E-state index in [4.69, 9.17) is 32.7 Å². The molecule has 0 unspecified atom stereocenters. The molecule has 28 heavy (non-hydrogen) atoms. The Morgan fingerprint density at radius 3 is 2.71 bits per heavy atom. The monoisotopic (exact) mass is 441 g/mol. The van der Waals surface area contributed by atoms with Gasteiger partial charge in [0.1, 0.15) is 18.2 Å². The van der Waals surface area contributed by atoms with Crippen LogP contribution < -0.4 is 4.74 Å². The number of H-pyrrole nitrogens is 1. The van der Waals surface area contributed by atoms with E-state index in [9.17, 15) is 8.42 Å². The van der Waals surface area contributed by atoms with Crippen LogP contribution in [0.15, 0.2) is 41.3 Å². The zero-order chi connectivity index (χ0) is 19.7. The van der Waals surface area contributed by atoms with Crippen molar-refractivity contribution < 1.29 is 17.9 Å². The van der Waals surface area contributed by atoms with Crippen LogP contribution in [0.1, 0.15) is 5.82 Å². The lowest BCUT2D eigenvalue weighted by Gasteiger charge is -2.25. The van der Waals surface area contributed by atoms with Crippen LogP contribution in [0.4, 0.5) is 0 Å². The summed E-state index contributed by atoms with van der Waals surface area (Å²) in [4.78, 5) is 7.74. The Morgan fingerprint density at radius 1 is 1.14 bits per heavy atom. The Bertz CT molecular complexity index is 1110. The highest BCUT2D eigenvalue weighted by molar-refractivity contribution is 7.89. The van der Waals surface area contributed by atoms with Gasteiger partial charge in [-0.05, 0) is 30.3 Å². The van der Waals surface area contributed by atoms with Gasteiger partial charge in [0.25, 0.3) is 0 Å². The van der Waals surface area contributed by atoms with E-state index in [1.165, 1.54) is 4.31 Å². The van der Waals surface area contributed by atoms with Gasteiger partial charge in [0.15, 0.2) is 0 Å². The van der Waals surface area contributed by atoms with Crippen molar-refractivity contribution in [3.63, 3.8) is 0 Å². The summed E-state index contributed by atoms with van der Waals surface area (Å²) in [5.41, 5.74) is 1.27. The van der Waals surface area contributed by atoms with Gasteiger partial charge in [0.05, 0.1) is 34.2 Å². The number of fused-ring (bicyclic) bond motifs is 1. The number of rotatable bonds is 5. The van der Waals surface area contributed by atoms with Gasteiger partial charge < -0.3 is 14.5 Å². The number of benzene rings is 2. The second-order valence-corrected chi connectivity index (χ2v) is 9.02. The molecule has 0 saturated carbocycles. The maximum absolute atomic E-state index is 12.8. The summed E-state index contributed by atoms with van der Waals surface area (Å²) < 4.78 is 37.9. The van der Waals surface area contributed by atoms with Gasteiger partial charge in [0.2, 0.25) is 10.0 Å². The van der Waals surface area contributed by atoms with E-state index in [1.54, 1.807) is 36.4 Å². The van der Waals surface area contributed by atoms with Crippen molar-refractivity contribution in [1.29, 1.82) is 0 Å². The fraction of sp³-hybridized carbons (Fsp3) is 0.278. The number of morpholine rings is 1. The molecule has 1 fully saturated rings. The minimum Gasteiger partial charge on any atom is -0.484 e. The normalized spacial score (nSPS) is 15.8. The van der Waals surface area contributed by atoms with Crippen molar-refractivity contribution in [2.75, 3.05) is 26.3 Å². The summed E-state index contributed by atoms with van der Waals surface area (Å²) in [5.74, 6) is 0.997. The van der Waals surface area contributed by atoms with Gasteiger partial charge in [-0.25, -0.2) is 13.4 Å². The van der Waals surface area contributed by atoms with Crippen molar-refractivity contribution in [2.45, 2.75) is 11.5 Å². The van der Waals surface area contributed by atoms with Gasteiger partial charge in [-0.15, -0.1) is 0 Å². The summed E-state index contributed by atoms with van der Waals surface area (Å²) >= 11 is 12.0. The molecule has 0 bridgehead atoms. The molecule has 1 aliphatic heterocycles. The standard InChI is InChI=1S/C18H17Cl2N3O4S/c19-12-1-3-14(20)17(9-12)27-11-18-21-15-4-2-13(10-16(15)22-18)28(24,25)23-5-7-26-8-6-23/h1-4,9-10H,5-8,11H2,(H,21,22). The van der Waals surface area contributed by atoms with Gasteiger partial charge in [-0.2, -0.15) is 4.31 Å². The van der Waals surface area contributed by atoms with E-state index in [-0.39, 0.29) is 11.5 Å². The number of nitrogens with one attached hydrogen (secondary N) is 1. The summed E-state index contributed by atoms with van der Waals surface area (Å²) in [6.45, 7) is 1.64. The maximum atomic E-state index is 12.8. The molecule has 1 aromatic heterocycles. The predicted molar refractivity (Wildman–Crippen MR) is 106 cm³/mol. The van der Waals surface area contributed by atoms with E-state index >= 15 is 0 Å². The highest BCUT2D eigenvalue weighted by Crippen LogP contribution is 2.28. The first-order valence-corrected chi connectivity index (χ1v) is 10.8. The van der Waals surface area contributed by atoms with Crippen LogP contribution in [0.5, 0.6) is 5.75 Å². The molecule has 4 rings (SSSR count). The number of imidazole rings is 1. The Labute approximate surface area is 172 Å². The molecular formula is C18H17Cl2N3O4S. The van der Waals surface area contributed by atoms with Gasteiger partial charge >= 0.3 is 0 Å². The molecule has 10 heteroatoms. The third-order valence-corrected chi connectivity index (χ3v) is 6.81. The number of aromatic amines is 1. The molecule has 0 spiro atoms. The number of aromatic nitrogens is 2. The lowest BCUT2D eigenvalue weighted by Crippen LogP contribution is -2.40. The molecule has 0 amide bonds. The third-order valence-electron chi connectivity index (χ3n) is 4.37. The van der Waals surface area contributed by atoms with Crippen molar-refractivity contribution >= 4 is 44.3 Å². The number of sulfonamides is 1. The fourth-order valence-corrected chi connectivity index (χ4v) is 4.71. The summed E-state index contributed by atoms with van der Waals surface area (Å²) in [7, 11) is -3.57. The van der Waals surface area contributed by atoms with Crippen molar-refractivity contribution in [3.05, 3.63) is 52.3 Å². The number of hydrogen-bond acceptors (Lipinski definition) is 5. The van der Waals surface area contributed by atoms with Gasteiger partial charge in [-0.1, -0.05) is 23.2 Å². The second-order valence-electron chi connectivity index (χ2n) is 6.24. The van der Waals surface area contributed by atoms with E-state index in [2.05, 4.69) is 9.97 Å². The van der Waals surface area contributed by atoms with Crippen LogP contribution in [0.3, 0.4) is 0 Å². The number of halogens is 2. The van der Waals surface area contributed by atoms with E-state index in [0.717, 1.165) is 0 Å². The largest absolute Gasteiger partial charge is 0.484 e. The average molecular weight is 442 g/mol. The van der Waals surface area contributed by atoms with E-state index < -0.39 is 10.0 Å².